The van der Waals surface area contributed by atoms with E-state index in [9.17, 15) is 4.79 Å². The van der Waals surface area contributed by atoms with E-state index in [1.165, 1.54) is 17.8 Å². The van der Waals surface area contributed by atoms with E-state index in [-0.39, 0.29) is 5.91 Å². The number of anilines is 1. The molecule has 22 heavy (non-hydrogen) atoms. The van der Waals surface area contributed by atoms with Gasteiger partial charge in [0, 0.05) is 24.7 Å². The molecule has 118 valence electrons. The normalized spacial score (nSPS) is 19.2. The SMILES string of the molecule is CN(C(=O)CN1CCCC[C@H]1Cn1cncn1)c1nccs1. The third-order valence-electron chi connectivity index (χ3n) is 4.03. The fourth-order valence-electron chi connectivity index (χ4n) is 2.79. The smallest absolute Gasteiger partial charge is 0.242 e. The average molecular weight is 320 g/mol. The van der Waals surface area contributed by atoms with E-state index in [0.29, 0.717) is 12.6 Å². The zero-order chi connectivity index (χ0) is 15.4. The second-order valence-electron chi connectivity index (χ2n) is 5.51. The number of hydrogen-bond donors (Lipinski definition) is 0. The molecule has 0 spiro atoms. The molecule has 3 heterocycles. The lowest BCUT2D eigenvalue weighted by Crippen LogP contribution is -2.47. The van der Waals surface area contributed by atoms with Gasteiger partial charge < -0.3 is 0 Å². The topological polar surface area (TPSA) is 67.2 Å². The van der Waals surface area contributed by atoms with E-state index < -0.39 is 0 Å². The van der Waals surface area contributed by atoms with Crippen LogP contribution in [0, 0.1) is 0 Å². The third-order valence-corrected chi connectivity index (χ3v) is 4.88. The zero-order valence-corrected chi connectivity index (χ0v) is 13.4. The van der Waals surface area contributed by atoms with Crippen LogP contribution >= 0.6 is 11.3 Å². The summed E-state index contributed by atoms with van der Waals surface area (Å²) in [7, 11) is 1.79. The van der Waals surface area contributed by atoms with Crippen molar-refractivity contribution in [3.05, 3.63) is 24.2 Å². The maximum Gasteiger partial charge on any atom is 0.242 e. The van der Waals surface area contributed by atoms with Gasteiger partial charge in [-0.2, -0.15) is 5.10 Å². The van der Waals surface area contributed by atoms with Crippen LogP contribution in [-0.4, -0.2) is 56.7 Å². The minimum absolute atomic E-state index is 0.0837. The van der Waals surface area contributed by atoms with Crippen molar-refractivity contribution in [3.8, 4) is 0 Å². The maximum atomic E-state index is 12.5. The highest BCUT2D eigenvalue weighted by molar-refractivity contribution is 7.13. The summed E-state index contributed by atoms with van der Waals surface area (Å²) < 4.78 is 1.85. The molecule has 1 fully saturated rings. The van der Waals surface area contributed by atoms with Crippen LogP contribution in [0.1, 0.15) is 19.3 Å². The minimum Gasteiger partial charge on any atom is -0.290 e. The molecule has 1 amide bonds. The van der Waals surface area contributed by atoms with Crippen LogP contribution in [0.15, 0.2) is 24.2 Å². The van der Waals surface area contributed by atoms with Gasteiger partial charge >= 0.3 is 0 Å². The number of piperidine rings is 1. The van der Waals surface area contributed by atoms with Crippen molar-refractivity contribution < 1.29 is 4.79 Å². The molecular weight excluding hydrogens is 300 g/mol. The summed E-state index contributed by atoms with van der Waals surface area (Å²) in [6, 6.07) is 0.337. The molecule has 2 aromatic heterocycles. The Morgan fingerprint density at radius 3 is 3.14 bits per heavy atom. The number of likely N-dealkylation sites (N-methyl/N-ethyl adjacent to an activating group) is 1. The van der Waals surface area contributed by atoms with Crippen molar-refractivity contribution in [2.24, 2.45) is 0 Å². The van der Waals surface area contributed by atoms with Crippen LogP contribution in [0.5, 0.6) is 0 Å². The average Bonchev–Trinajstić information content (AvgIpc) is 3.21. The molecule has 0 saturated carbocycles. The monoisotopic (exact) mass is 320 g/mol. The first kappa shape index (κ1) is 15.1. The van der Waals surface area contributed by atoms with Gasteiger partial charge in [-0.05, 0) is 19.4 Å². The van der Waals surface area contributed by atoms with E-state index >= 15 is 0 Å². The molecule has 0 unspecified atom stereocenters. The van der Waals surface area contributed by atoms with Gasteiger partial charge in [0.05, 0.1) is 13.1 Å². The third kappa shape index (κ3) is 3.50. The van der Waals surface area contributed by atoms with Crippen molar-refractivity contribution in [2.75, 3.05) is 25.0 Å². The van der Waals surface area contributed by atoms with E-state index in [4.69, 9.17) is 0 Å². The molecule has 0 aliphatic carbocycles. The van der Waals surface area contributed by atoms with Crippen LogP contribution in [0.25, 0.3) is 0 Å². The number of thiazole rings is 1. The van der Waals surface area contributed by atoms with E-state index in [2.05, 4.69) is 20.0 Å². The van der Waals surface area contributed by atoms with Gasteiger partial charge in [-0.3, -0.25) is 19.3 Å². The summed E-state index contributed by atoms with van der Waals surface area (Å²) in [4.78, 5) is 24.6. The number of rotatable bonds is 5. The molecule has 1 aliphatic heterocycles. The molecule has 1 atom stereocenters. The fourth-order valence-corrected chi connectivity index (χ4v) is 3.41. The van der Waals surface area contributed by atoms with Crippen molar-refractivity contribution >= 4 is 22.4 Å². The number of carbonyl (C=O) groups excluding carboxylic acids is 1. The Kier molecular flexibility index (Phi) is 4.79. The Balaban J connectivity index is 1.62. The zero-order valence-electron chi connectivity index (χ0n) is 12.6. The van der Waals surface area contributed by atoms with Gasteiger partial charge in [0.1, 0.15) is 12.7 Å². The van der Waals surface area contributed by atoms with Crippen LogP contribution in [-0.2, 0) is 11.3 Å². The highest BCUT2D eigenvalue weighted by atomic mass is 32.1. The first-order chi connectivity index (χ1) is 10.7. The Hall–Kier alpha value is -1.80. The molecule has 0 radical (unpaired) electrons. The second kappa shape index (κ2) is 6.97. The number of carbonyl (C=O) groups is 1. The second-order valence-corrected chi connectivity index (χ2v) is 6.38. The molecule has 0 N–H and O–H groups in total. The lowest BCUT2D eigenvalue weighted by Gasteiger charge is -2.35. The quantitative estimate of drug-likeness (QED) is 0.829. The molecule has 3 rings (SSSR count). The van der Waals surface area contributed by atoms with E-state index in [1.807, 2.05) is 10.1 Å². The van der Waals surface area contributed by atoms with Crippen molar-refractivity contribution in [1.82, 2.24) is 24.6 Å². The number of likely N-dealkylation sites (tertiary alicyclic amines) is 1. The highest BCUT2D eigenvalue weighted by Gasteiger charge is 2.26. The largest absolute Gasteiger partial charge is 0.290 e. The molecule has 1 aliphatic rings. The lowest BCUT2D eigenvalue weighted by molar-refractivity contribution is -0.120. The van der Waals surface area contributed by atoms with Gasteiger partial charge in [-0.1, -0.05) is 6.42 Å². The molecule has 1 saturated heterocycles. The molecule has 7 nitrogen and oxygen atoms in total. The van der Waals surface area contributed by atoms with Crippen LogP contribution < -0.4 is 4.90 Å². The fraction of sp³-hybridized carbons (Fsp3) is 0.571. The Morgan fingerprint density at radius 2 is 2.41 bits per heavy atom. The molecule has 8 heteroatoms. The van der Waals surface area contributed by atoms with Gasteiger partial charge in [0.25, 0.3) is 0 Å². The summed E-state index contributed by atoms with van der Waals surface area (Å²) in [6.45, 7) is 2.17. The number of aromatic nitrogens is 4. The maximum absolute atomic E-state index is 12.5. The number of nitrogens with zero attached hydrogens (tertiary/aromatic N) is 6. The lowest BCUT2D eigenvalue weighted by atomic mass is 10.0. The summed E-state index contributed by atoms with van der Waals surface area (Å²) in [5.41, 5.74) is 0. The Morgan fingerprint density at radius 1 is 1.50 bits per heavy atom. The van der Waals surface area contributed by atoms with E-state index in [1.54, 1.807) is 30.8 Å². The summed E-state index contributed by atoms with van der Waals surface area (Å²) in [6.07, 6.45) is 8.44. The first-order valence-electron chi connectivity index (χ1n) is 7.46. The van der Waals surface area contributed by atoms with Crippen LogP contribution in [0.2, 0.25) is 0 Å². The molecule has 0 bridgehead atoms. The van der Waals surface area contributed by atoms with Crippen LogP contribution in [0.4, 0.5) is 5.13 Å². The molecular formula is C14H20N6OS. The van der Waals surface area contributed by atoms with Crippen molar-refractivity contribution in [1.29, 1.82) is 0 Å². The predicted molar refractivity (Wildman–Crippen MR) is 84.8 cm³/mol. The van der Waals surface area contributed by atoms with Crippen molar-refractivity contribution in [3.63, 3.8) is 0 Å². The first-order valence-corrected chi connectivity index (χ1v) is 8.34. The van der Waals surface area contributed by atoms with Gasteiger partial charge in [0.15, 0.2) is 5.13 Å². The Labute approximate surface area is 133 Å². The molecule has 2 aromatic rings. The van der Waals surface area contributed by atoms with Gasteiger partial charge in [-0.15, -0.1) is 11.3 Å². The summed E-state index contributed by atoms with van der Waals surface area (Å²) >= 11 is 1.48. The van der Waals surface area contributed by atoms with E-state index in [0.717, 1.165) is 31.1 Å². The predicted octanol–water partition coefficient (Wildman–Crippen LogP) is 1.25. The highest BCUT2D eigenvalue weighted by Crippen LogP contribution is 2.20. The Bertz CT molecular complexity index is 585. The van der Waals surface area contributed by atoms with Crippen LogP contribution in [0.3, 0.4) is 0 Å². The standard InChI is InChI=1S/C14H20N6OS/c1-18(14-16-5-7-22-14)13(21)9-19-6-3-2-4-12(19)8-20-11-15-10-17-20/h5,7,10-12H,2-4,6,8-9H2,1H3/t12-/m0/s1. The summed E-state index contributed by atoms with van der Waals surface area (Å²) in [5, 5.41) is 6.80. The van der Waals surface area contributed by atoms with Gasteiger partial charge in [-0.25, -0.2) is 9.97 Å². The van der Waals surface area contributed by atoms with Crippen molar-refractivity contribution in [2.45, 2.75) is 31.8 Å². The minimum atomic E-state index is 0.0837. The number of amides is 1. The summed E-state index contributed by atoms with van der Waals surface area (Å²) in [5.74, 6) is 0.0837. The number of hydrogen-bond acceptors (Lipinski definition) is 6. The molecule has 0 aromatic carbocycles. The van der Waals surface area contributed by atoms with Gasteiger partial charge in [0.2, 0.25) is 5.91 Å².